The monoisotopic (exact) mass is 395 g/mol. The summed E-state index contributed by atoms with van der Waals surface area (Å²) < 4.78 is 5.95. The Balaban J connectivity index is 2.26. The van der Waals surface area contributed by atoms with Crippen LogP contribution in [0.15, 0.2) is 47.5 Å². The summed E-state index contributed by atoms with van der Waals surface area (Å²) in [7, 11) is 0. The Morgan fingerprint density at radius 3 is 2.54 bits per heavy atom. The van der Waals surface area contributed by atoms with Crippen LogP contribution in [0, 0.1) is 22.8 Å². The van der Waals surface area contributed by atoms with Crippen LogP contribution >= 0.6 is 11.6 Å². The van der Waals surface area contributed by atoms with E-state index in [0.29, 0.717) is 27.6 Å². The van der Waals surface area contributed by atoms with Crippen LogP contribution in [-0.2, 0) is 0 Å². The van der Waals surface area contributed by atoms with Crippen LogP contribution in [-0.4, -0.2) is 22.8 Å². The third kappa shape index (κ3) is 3.46. The number of guanidine groups is 1. The van der Waals surface area contributed by atoms with Crippen molar-refractivity contribution in [2.24, 2.45) is 10.7 Å². The van der Waals surface area contributed by atoms with Crippen molar-refractivity contribution in [2.75, 3.05) is 4.90 Å². The zero-order valence-corrected chi connectivity index (χ0v) is 16.1. The molecule has 0 amide bonds. The first-order valence-corrected chi connectivity index (χ1v) is 8.84. The zero-order valence-electron chi connectivity index (χ0n) is 15.3. The normalized spacial score (nSPS) is 20.3. The molecule has 2 aromatic carbocycles. The summed E-state index contributed by atoms with van der Waals surface area (Å²) >= 11 is 6.00. The number of nitrogens with two attached hydrogens (primary N) is 1. The fourth-order valence-electron chi connectivity index (χ4n) is 3.26. The highest BCUT2D eigenvalue weighted by atomic mass is 35.5. The molecule has 7 nitrogen and oxygen atoms in total. The smallest absolute Gasteiger partial charge is 0.212 e. The van der Waals surface area contributed by atoms with E-state index in [2.05, 4.69) is 11.1 Å². The molecule has 0 aromatic heterocycles. The molecule has 142 valence electrons. The van der Waals surface area contributed by atoms with Crippen LogP contribution in [0.2, 0.25) is 5.02 Å². The molecule has 2 aromatic rings. The molecule has 1 aliphatic rings. The average molecular weight is 396 g/mol. The minimum absolute atomic E-state index is 0.0973. The second-order valence-corrected chi connectivity index (χ2v) is 7.31. The third-order valence-electron chi connectivity index (χ3n) is 4.64. The van der Waals surface area contributed by atoms with Gasteiger partial charge in [-0.25, -0.2) is 0 Å². The summed E-state index contributed by atoms with van der Waals surface area (Å²) in [4.78, 5) is 5.22. The third-order valence-corrected chi connectivity index (χ3v) is 4.89. The minimum atomic E-state index is -1.04. The molecular formula is C20H18ClN5O2. The maximum absolute atomic E-state index is 11.1. The molecule has 2 atom stereocenters. The highest BCUT2D eigenvalue weighted by Crippen LogP contribution is 2.44. The lowest BCUT2D eigenvalue weighted by atomic mass is 9.84. The standard InChI is InChI=1S/C20H18ClN5O2/c1-20(2)18(27)17(15-9-12(10-22)3-8-16(15)28-20)26(19(24)25-11-23)14-6-4-13(21)5-7-14/h3-9,17-18,27H,1-2H3,(H2,24,25). The van der Waals surface area contributed by atoms with Crippen LogP contribution in [0.4, 0.5) is 5.69 Å². The summed E-state index contributed by atoms with van der Waals surface area (Å²) in [6, 6.07) is 13.1. The second kappa shape index (κ2) is 7.40. The molecule has 8 heteroatoms. The number of benzene rings is 2. The Kier molecular flexibility index (Phi) is 5.15. The Bertz CT molecular complexity index is 1000. The first-order valence-electron chi connectivity index (χ1n) is 8.46. The van der Waals surface area contributed by atoms with Gasteiger partial charge >= 0.3 is 0 Å². The van der Waals surface area contributed by atoms with Crippen molar-refractivity contribution in [1.29, 1.82) is 10.5 Å². The Labute approximate surface area is 167 Å². The van der Waals surface area contributed by atoms with Gasteiger partial charge in [0.25, 0.3) is 0 Å². The van der Waals surface area contributed by atoms with Gasteiger partial charge in [-0.05, 0) is 56.3 Å². The van der Waals surface area contributed by atoms with Gasteiger partial charge in [0, 0.05) is 16.3 Å². The second-order valence-electron chi connectivity index (χ2n) is 6.88. The van der Waals surface area contributed by atoms with Gasteiger partial charge in [0.1, 0.15) is 17.5 Å². The van der Waals surface area contributed by atoms with Crippen LogP contribution in [0.1, 0.15) is 31.0 Å². The summed E-state index contributed by atoms with van der Waals surface area (Å²) in [5, 5.41) is 30.0. The van der Waals surface area contributed by atoms with Crippen molar-refractivity contribution in [1.82, 2.24) is 0 Å². The predicted octanol–water partition coefficient (Wildman–Crippen LogP) is 3.09. The van der Waals surface area contributed by atoms with Gasteiger partial charge in [0.2, 0.25) is 12.2 Å². The summed E-state index contributed by atoms with van der Waals surface area (Å²) in [5.74, 6) is 0.419. The average Bonchev–Trinajstić information content (AvgIpc) is 2.66. The highest BCUT2D eigenvalue weighted by Gasteiger charge is 2.46. The highest BCUT2D eigenvalue weighted by molar-refractivity contribution is 6.30. The van der Waals surface area contributed by atoms with E-state index in [1.165, 1.54) is 0 Å². The molecule has 0 radical (unpaired) electrons. The molecule has 0 aliphatic carbocycles. The van der Waals surface area contributed by atoms with E-state index in [0.717, 1.165) is 0 Å². The number of aliphatic imine (C=N–C) groups is 1. The number of rotatable bonds is 2. The number of nitriles is 2. The van der Waals surface area contributed by atoms with E-state index < -0.39 is 17.7 Å². The molecule has 0 bridgehead atoms. The van der Waals surface area contributed by atoms with Crippen molar-refractivity contribution in [3.63, 3.8) is 0 Å². The van der Waals surface area contributed by atoms with Gasteiger partial charge in [0.15, 0.2) is 0 Å². The fourth-order valence-corrected chi connectivity index (χ4v) is 3.38. The predicted molar refractivity (Wildman–Crippen MR) is 106 cm³/mol. The number of halogens is 1. The van der Waals surface area contributed by atoms with Crippen LogP contribution in [0.3, 0.4) is 0 Å². The van der Waals surface area contributed by atoms with Crippen molar-refractivity contribution < 1.29 is 9.84 Å². The molecule has 1 heterocycles. The van der Waals surface area contributed by atoms with Crippen LogP contribution in [0.5, 0.6) is 5.75 Å². The van der Waals surface area contributed by atoms with E-state index in [4.69, 9.17) is 27.3 Å². The molecular weight excluding hydrogens is 378 g/mol. The number of nitrogens with zero attached hydrogens (tertiary/aromatic N) is 4. The van der Waals surface area contributed by atoms with Crippen molar-refractivity contribution >= 4 is 23.2 Å². The van der Waals surface area contributed by atoms with Gasteiger partial charge in [-0.2, -0.15) is 10.5 Å². The lowest BCUT2D eigenvalue weighted by Gasteiger charge is -2.46. The Morgan fingerprint density at radius 2 is 1.93 bits per heavy atom. The number of hydrogen-bond donors (Lipinski definition) is 2. The molecule has 0 spiro atoms. The van der Waals surface area contributed by atoms with Gasteiger partial charge in [-0.15, -0.1) is 4.99 Å². The Hall–Kier alpha value is -3.26. The number of fused-ring (bicyclic) bond motifs is 1. The minimum Gasteiger partial charge on any atom is -0.485 e. The van der Waals surface area contributed by atoms with Gasteiger partial charge < -0.3 is 20.5 Å². The summed E-state index contributed by atoms with van der Waals surface area (Å²) in [6.45, 7) is 3.51. The van der Waals surface area contributed by atoms with E-state index in [9.17, 15) is 10.4 Å². The van der Waals surface area contributed by atoms with Crippen molar-refractivity contribution in [2.45, 2.75) is 31.6 Å². The van der Waals surface area contributed by atoms with E-state index in [-0.39, 0.29) is 5.96 Å². The van der Waals surface area contributed by atoms with Gasteiger partial charge in [0.05, 0.1) is 17.7 Å². The van der Waals surface area contributed by atoms with Crippen LogP contribution in [0.25, 0.3) is 0 Å². The number of anilines is 1. The largest absolute Gasteiger partial charge is 0.485 e. The maximum atomic E-state index is 11.1. The lowest BCUT2D eigenvalue weighted by molar-refractivity contribution is -0.0565. The summed E-state index contributed by atoms with van der Waals surface area (Å²) in [6.07, 6.45) is 0.636. The summed E-state index contributed by atoms with van der Waals surface area (Å²) in [5.41, 5.74) is 6.71. The van der Waals surface area contributed by atoms with E-state index >= 15 is 0 Å². The quantitative estimate of drug-likeness (QED) is 0.458. The van der Waals surface area contributed by atoms with Crippen LogP contribution < -0.4 is 15.4 Å². The van der Waals surface area contributed by atoms with E-state index in [1.807, 2.05) is 0 Å². The molecule has 2 unspecified atom stereocenters. The SMILES string of the molecule is CC1(C)Oc2ccc(C#N)cc2C(N(/C(N)=N/C#N)c2ccc(Cl)cc2)C1O. The van der Waals surface area contributed by atoms with E-state index in [1.54, 1.807) is 67.4 Å². The maximum Gasteiger partial charge on any atom is 0.212 e. The first kappa shape index (κ1) is 19.5. The zero-order chi connectivity index (χ0) is 20.5. The van der Waals surface area contributed by atoms with Gasteiger partial charge in [-0.3, -0.25) is 0 Å². The number of aliphatic hydroxyl groups is 1. The molecule has 3 rings (SSSR count). The number of aliphatic hydroxyl groups excluding tert-OH is 1. The number of hydrogen-bond acceptors (Lipinski definition) is 5. The Morgan fingerprint density at radius 1 is 1.25 bits per heavy atom. The van der Waals surface area contributed by atoms with Crippen molar-refractivity contribution in [3.8, 4) is 18.0 Å². The molecule has 1 aliphatic heterocycles. The molecule has 0 fully saturated rings. The topological polar surface area (TPSA) is 119 Å². The molecule has 28 heavy (non-hydrogen) atoms. The first-order chi connectivity index (χ1) is 13.3. The molecule has 0 saturated heterocycles. The lowest BCUT2D eigenvalue weighted by Crippen LogP contribution is -2.56. The number of ether oxygens (including phenoxy) is 1. The molecule has 3 N–H and O–H groups in total. The van der Waals surface area contributed by atoms with Crippen molar-refractivity contribution in [3.05, 3.63) is 58.6 Å². The fraction of sp³-hybridized carbons (Fsp3) is 0.250. The molecule has 0 saturated carbocycles. The van der Waals surface area contributed by atoms with Gasteiger partial charge in [-0.1, -0.05) is 11.6 Å².